The molecule has 0 aromatic heterocycles. The van der Waals surface area contributed by atoms with Crippen LogP contribution >= 0.6 is 0 Å². The number of hydrogen-bond acceptors (Lipinski definition) is 3. The molecule has 0 radical (unpaired) electrons. The third kappa shape index (κ3) is 3.97. The van der Waals surface area contributed by atoms with Gasteiger partial charge in [-0.2, -0.15) is 0 Å². The highest BCUT2D eigenvalue weighted by Gasteiger charge is 2.34. The smallest absolute Gasteiger partial charge is 0.255 e. The van der Waals surface area contributed by atoms with Crippen molar-refractivity contribution in [2.75, 3.05) is 13.2 Å². The van der Waals surface area contributed by atoms with E-state index in [-0.39, 0.29) is 6.61 Å². The zero-order valence-corrected chi connectivity index (χ0v) is 12.2. The number of rotatable bonds is 8. The van der Waals surface area contributed by atoms with Crippen molar-refractivity contribution < 1.29 is 9.53 Å². The van der Waals surface area contributed by atoms with Gasteiger partial charge in [-0.15, -0.1) is 0 Å². The van der Waals surface area contributed by atoms with Crippen LogP contribution in [0.3, 0.4) is 0 Å². The maximum atomic E-state index is 10.6. The number of nitrogens with two attached hydrogens (primary N) is 1. The summed E-state index contributed by atoms with van der Waals surface area (Å²) in [4.78, 5) is 10.6. The lowest BCUT2D eigenvalue weighted by atomic mass is 9.67. The van der Waals surface area contributed by atoms with Gasteiger partial charge in [0.2, 0.25) is 0 Å². The Labute approximate surface area is 120 Å². The van der Waals surface area contributed by atoms with Crippen molar-refractivity contribution in [1.29, 1.82) is 0 Å². The minimum atomic E-state index is -0.457. The summed E-state index contributed by atoms with van der Waals surface area (Å²) in [5, 5.41) is 3.55. The van der Waals surface area contributed by atoms with Crippen molar-refractivity contribution in [2.24, 2.45) is 11.1 Å². The van der Waals surface area contributed by atoms with Crippen LogP contribution < -0.4 is 15.8 Å². The van der Waals surface area contributed by atoms with E-state index in [1.54, 1.807) is 0 Å². The number of carbonyl (C=O) groups is 1. The first kappa shape index (κ1) is 14.9. The number of benzene rings is 1. The summed E-state index contributed by atoms with van der Waals surface area (Å²) in [6.07, 6.45) is 5.36. The molecule has 0 atom stereocenters. The van der Waals surface area contributed by atoms with Crippen LogP contribution in [0, 0.1) is 5.41 Å². The molecule has 0 saturated heterocycles. The molecule has 4 nitrogen and oxygen atoms in total. The number of carbonyl (C=O) groups excluding carboxylic acids is 1. The van der Waals surface area contributed by atoms with E-state index in [2.05, 4.69) is 12.2 Å². The van der Waals surface area contributed by atoms with Gasteiger partial charge in [0.15, 0.2) is 6.61 Å². The van der Waals surface area contributed by atoms with E-state index in [9.17, 15) is 4.79 Å². The fourth-order valence-corrected chi connectivity index (χ4v) is 2.66. The lowest BCUT2D eigenvalue weighted by Crippen LogP contribution is -2.39. The summed E-state index contributed by atoms with van der Waals surface area (Å²) in [6, 6.07) is 7.78. The quantitative estimate of drug-likeness (QED) is 0.765. The van der Waals surface area contributed by atoms with Gasteiger partial charge in [-0.1, -0.05) is 25.5 Å². The third-order valence-corrected chi connectivity index (χ3v) is 4.30. The predicted octanol–water partition coefficient (Wildman–Crippen LogP) is 2.22. The molecule has 0 unspecified atom stereocenters. The molecule has 1 fully saturated rings. The Morgan fingerprint density at radius 3 is 2.55 bits per heavy atom. The molecule has 0 spiro atoms. The van der Waals surface area contributed by atoms with Gasteiger partial charge >= 0.3 is 0 Å². The first-order valence-corrected chi connectivity index (χ1v) is 7.34. The molecule has 1 aromatic carbocycles. The van der Waals surface area contributed by atoms with Crippen LogP contribution in [0.4, 0.5) is 0 Å². The first-order valence-electron chi connectivity index (χ1n) is 7.34. The van der Waals surface area contributed by atoms with Crippen molar-refractivity contribution in [3.05, 3.63) is 29.8 Å². The van der Waals surface area contributed by atoms with Crippen molar-refractivity contribution in [2.45, 2.75) is 39.2 Å². The van der Waals surface area contributed by atoms with Crippen LogP contribution in [0.2, 0.25) is 0 Å². The third-order valence-electron chi connectivity index (χ3n) is 4.30. The number of amides is 1. The van der Waals surface area contributed by atoms with Gasteiger partial charge in [0, 0.05) is 13.1 Å². The molecule has 0 aliphatic heterocycles. The number of nitrogens with one attached hydrogen (secondary N) is 1. The van der Waals surface area contributed by atoms with Gasteiger partial charge in [0.1, 0.15) is 5.75 Å². The van der Waals surface area contributed by atoms with E-state index in [1.807, 2.05) is 24.3 Å². The Morgan fingerprint density at radius 2 is 2.05 bits per heavy atom. The monoisotopic (exact) mass is 276 g/mol. The maximum Gasteiger partial charge on any atom is 0.255 e. The van der Waals surface area contributed by atoms with Gasteiger partial charge in [-0.05, 0) is 42.4 Å². The summed E-state index contributed by atoms with van der Waals surface area (Å²) in [7, 11) is 0. The highest BCUT2D eigenvalue weighted by molar-refractivity contribution is 5.75. The molecular formula is C16H24N2O2. The molecule has 1 amide bonds. The topological polar surface area (TPSA) is 64.3 Å². The van der Waals surface area contributed by atoms with Crippen LogP contribution in [0.25, 0.3) is 0 Å². The average Bonchev–Trinajstić information content (AvgIpc) is 2.41. The van der Waals surface area contributed by atoms with Crippen molar-refractivity contribution in [3.8, 4) is 5.75 Å². The molecule has 20 heavy (non-hydrogen) atoms. The minimum absolute atomic E-state index is 0.0728. The Hall–Kier alpha value is -1.55. The average molecular weight is 276 g/mol. The molecule has 1 saturated carbocycles. The molecule has 2 rings (SSSR count). The summed E-state index contributed by atoms with van der Waals surface area (Å²) in [6.45, 7) is 4.18. The first-order chi connectivity index (χ1) is 9.63. The zero-order chi connectivity index (χ0) is 14.4. The van der Waals surface area contributed by atoms with Crippen LogP contribution in [0.5, 0.6) is 5.75 Å². The second kappa shape index (κ2) is 6.75. The van der Waals surface area contributed by atoms with Crippen LogP contribution in [-0.2, 0) is 11.3 Å². The van der Waals surface area contributed by atoms with Crippen LogP contribution in [0.15, 0.2) is 24.3 Å². The molecule has 3 N–H and O–H groups in total. The van der Waals surface area contributed by atoms with E-state index >= 15 is 0 Å². The Balaban J connectivity index is 1.74. The van der Waals surface area contributed by atoms with E-state index in [4.69, 9.17) is 10.5 Å². The normalized spacial score (nSPS) is 16.4. The van der Waals surface area contributed by atoms with E-state index < -0.39 is 5.91 Å². The summed E-state index contributed by atoms with van der Waals surface area (Å²) in [5.41, 5.74) is 6.80. The van der Waals surface area contributed by atoms with Crippen LogP contribution in [0.1, 0.15) is 38.2 Å². The maximum absolute atomic E-state index is 10.6. The molecule has 1 aromatic rings. The van der Waals surface area contributed by atoms with Gasteiger partial charge in [-0.25, -0.2) is 0 Å². The van der Waals surface area contributed by atoms with E-state index in [0.717, 1.165) is 13.1 Å². The molecule has 0 heterocycles. The largest absolute Gasteiger partial charge is 0.484 e. The van der Waals surface area contributed by atoms with Crippen molar-refractivity contribution in [3.63, 3.8) is 0 Å². The molecule has 1 aliphatic rings. The molecule has 110 valence electrons. The Kier molecular flexibility index (Phi) is 5.01. The number of ether oxygens (including phenoxy) is 1. The van der Waals surface area contributed by atoms with Crippen molar-refractivity contribution in [1.82, 2.24) is 5.32 Å². The summed E-state index contributed by atoms with van der Waals surface area (Å²) < 4.78 is 5.23. The lowest BCUT2D eigenvalue weighted by Gasteiger charge is -2.41. The van der Waals surface area contributed by atoms with Gasteiger partial charge < -0.3 is 15.8 Å². The summed E-state index contributed by atoms with van der Waals surface area (Å²) >= 11 is 0. The standard InChI is InChI=1S/C16H24N2O2/c1-2-16(8-3-9-16)12-18-10-13-4-6-14(7-5-13)20-11-15(17)19/h4-7,18H,2-3,8-12H2,1H3,(H2,17,19). The fourth-order valence-electron chi connectivity index (χ4n) is 2.66. The number of primary amides is 1. The zero-order valence-electron chi connectivity index (χ0n) is 12.2. The highest BCUT2D eigenvalue weighted by Crippen LogP contribution is 2.43. The summed E-state index contributed by atoms with van der Waals surface area (Å²) in [5.74, 6) is 0.220. The van der Waals surface area contributed by atoms with Gasteiger partial charge in [0.05, 0.1) is 0 Å². The molecule has 4 heteroatoms. The van der Waals surface area contributed by atoms with E-state index in [1.165, 1.54) is 31.2 Å². The molecule has 1 aliphatic carbocycles. The predicted molar refractivity (Wildman–Crippen MR) is 79.4 cm³/mol. The minimum Gasteiger partial charge on any atom is -0.484 e. The Morgan fingerprint density at radius 1 is 1.35 bits per heavy atom. The van der Waals surface area contributed by atoms with E-state index in [0.29, 0.717) is 11.2 Å². The van der Waals surface area contributed by atoms with Crippen LogP contribution in [-0.4, -0.2) is 19.1 Å². The molecule has 0 bridgehead atoms. The van der Waals surface area contributed by atoms with Gasteiger partial charge in [0.25, 0.3) is 5.91 Å². The highest BCUT2D eigenvalue weighted by atomic mass is 16.5. The van der Waals surface area contributed by atoms with Crippen molar-refractivity contribution >= 4 is 5.91 Å². The lowest BCUT2D eigenvalue weighted by molar-refractivity contribution is -0.119. The Bertz CT molecular complexity index is 433. The van der Waals surface area contributed by atoms with Gasteiger partial charge in [-0.3, -0.25) is 4.79 Å². The SMILES string of the molecule is CCC1(CNCc2ccc(OCC(N)=O)cc2)CCC1. The number of hydrogen-bond donors (Lipinski definition) is 2. The second-order valence-corrected chi connectivity index (χ2v) is 5.71. The molecular weight excluding hydrogens is 252 g/mol. The second-order valence-electron chi connectivity index (χ2n) is 5.71. The fraction of sp³-hybridized carbons (Fsp3) is 0.562.